The van der Waals surface area contributed by atoms with E-state index in [4.69, 9.17) is 0 Å². The summed E-state index contributed by atoms with van der Waals surface area (Å²) in [6.45, 7) is 1.90. The summed E-state index contributed by atoms with van der Waals surface area (Å²) in [7, 11) is 0. The number of benzene rings is 1. The van der Waals surface area contributed by atoms with E-state index in [0.717, 1.165) is 50.6 Å². The molecule has 7 nitrogen and oxygen atoms in total. The number of H-pyrrole nitrogens is 1. The van der Waals surface area contributed by atoms with Gasteiger partial charge < -0.3 is 15.2 Å². The lowest BCUT2D eigenvalue weighted by atomic mass is 9.96. The van der Waals surface area contributed by atoms with E-state index in [1.54, 1.807) is 11.0 Å². The van der Waals surface area contributed by atoms with Crippen LogP contribution in [0.15, 0.2) is 23.0 Å². The molecule has 1 aromatic carbocycles. The highest BCUT2D eigenvalue weighted by Crippen LogP contribution is 2.31. The number of aromatic amines is 1. The Bertz CT molecular complexity index is 1010. The van der Waals surface area contributed by atoms with Gasteiger partial charge in [-0.2, -0.15) is 0 Å². The normalized spacial score (nSPS) is 22.5. The summed E-state index contributed by atoms with van der Waals surface area (Å²) in [5.74, 6) is 0.535. The van der Waals surface area contributed by atoms with Crippen molar-refractivity contribution in [3.63, 3.8) is 0 Å². The van der Waals surface area contributed by atoms with E-state index in [0.29, 0.717) is 30.1 Å². The molecule has 2 amide bonds. The van der Waals surface area contributed by atoms with Gasteiger partial charge in [-0.1, -0.05) is 12.8 Å². The summed E-state index contributed by atoms with van der Waals surface area (Å²) in [6, 6.07) is 5.76. The second-order valence-electron chi connectivity index (χ2n) is 9.25. The molecule has 1 aliphatic heterocycles. The average Bonchev–Trinajstić information content (AvgIpc) is 3.32. The number of amides is 2. The van der Waals surface area contributed by atoms with Crippen molar-refractivity contribution in [2.45, 2.75) is 57.4 Å². The standard InChI is InChI=1S/C23H30N4O3/c28-21(24-13-15-7-8-15)17-4-3-11-26(14-17)22(29)16-9-10-20-19(12-16)25-23(30)27(20)18-5-1-2-6-18/h9-10,12,15,17-18H,1-8,11,13-14H2,(H,24,28)(H,25,30). The number of nitrogens with one attached hydrogen (secondary N) is 2. The summed E-state index contributed by atoms with van der Waals surface area (Å²) in [5, 5.41) is 3.05. The molecule has 3 aliphatic rings. The monoisotopic (exact) mass is 410 g/mol. The number of rotatable bonds is 5. The Labute approximate surface area is 175 Å². The van der Waals surface area contributed by atoms with Crippen LogP contribution < -0.4 is 11.0 Å². The number of imidazole rings is 1. The van der Waals surface area contributed by atoms with Crippen LogP contribution in [0.4, 0.5) is 0 Å². The molecule has 0 radical (unpaired) electrons. The summed E-state index contributed by atoms with van der Waals surface area (Å²) in [6.07, 6.45) is 8.47. The van der Waals surface area contributed by atoms with E-state index in [2.05, 4.69) is 10.3 Å². The molecule has 2 aromatic rings. The van der Waals surface area contributed by atoms with Gasteiger partial charge in [-0.15, -0.1) is 0 Å². The predicted octanol–water partition coefficient (Wildman–Crippen LogP) is 2.82. The molecule has 2 N–H and O–H groups in total. The van der Waals surface area contributed by atoms with Gasteiger partial charge in [-0.25, -0.2) is 4.79 Å². The Kier molecular flexibility index (Phi) is 5.13. The van der Waals surface area contributed by atoms with Crippen molar-refractivity contribution < 1.29 is 9.59 Å². The molecule has 1 unspecified atom stereocenters. The van der Waals surface area contributed by atoms with E-state index >= 15 is 0 Å². The van der Waals surface area contributed by atoms with Crippen molar-refractivity contribution >= 4 is 22.8 Å². The van der Waals surface area contributed by atoms with Crippen LogP contribution in [0.1, 0.15) is 67.8 Å². The van der Waals surface area contributed by atoms with E-state index in [-0.39, 0.29) is 29.5 Å². The molecule has 2 aliphatic carbocycles. The zero-order valence-corrected chi connectivity index (χ0v) is 17.4. The zero-order chi connectivity index (χ0) is 20.7. The van der Waals surface area contributed by atoms with Crippen molar-refractivity contribution in [1.29, 1.82) is 0 Å². The first-order valence-electron chi connectivity index (χ1n) is 11.4. The van der Waals surface area contributed by atoms with Crippen LogP contribution in [0.3, 0.4) is 0 Å². The van der Waals surface area contributed by atoms with Crippen LogP contribution in [-0.4, -0.2) is 45.9 Å². The third-order valence-electron chi connectivity index (χ3n) is 6.99. The molecule has 160 valence electrons. The fourth-order valence-electron chi connectivity index (χ4n) is 5.06. The van der Waals surface area contributed by atoms with Crippen LogP contribution in [0.25, 0.3) is 11.0 Å². The fourth-order valence-corrected chi connectivity index (χ4v) is 5.06. The van der Waals surface area contributed by atoms with Gasteiger partial charge >= 0.3 is 5.69 Å². The maximum absolute atomic E-state index is 13.1. The molecule has 2 heterocycles. The smallest absolute Gasteiger partial charge is 0.326 e. The van der Waals surface area contributed by atoms with Crippen molar-refractivity contribution in [3.05, 3.63) is 34.2 Å². The van der Waals surface area contributed by atoms with Crippen molar-refractivity contribution in [2.24, 2.45) is 11.8 Å². The number of aromatic nitrogens is 2. The number of carbonyl (C=O) groups is 2. The topological polar surface area (TPSA) is 87.2 Å². The lowest BCUT2D eigenvalue weighted by molar-refractivity contribution is -0.126. The minimum absolute atomic E-state index is 0.0638. The van der Waals surface area contributed by atoms with Gasteiger partial charge in [0.15, 0.2) is 0 Å². The largest absolute Gasteiger partial charge is 0.356 e. The number of hydrogen-bond acceptors (Lipinski definition) is 3. The van der Waals surface area contributed by atoms with Crippen molar-refractivity contribution in [1.82, 2.24) is 19.8 Å². The van der Waals surface area contributed by atoms with Gasteiger partial charge in [0.1, 0.15) is 0 Å². The average molecular weight is 411 g/mol. The molecule has 5 rings (SSSR count). The van der Waals surface area contributed by atoms with Gasteiger partial charge in [-0.05, 0) is 62.6 Å². The zero-order valence-electron chi connectivity index (χ0n) is 17.4. The summed E-state index contributed by atoms with van der Waals surface area (Å²) >= 11 is 0. The maximum atomic E-state index is 13.1. The van der Waals surface area contributed by atoms with Gasteiger partial charge in [-0.3, -0.25) is 14.2 Å². The Morgan fingerprint density at radius 1 is 1.07 bits per heavy atom. The first-order valence-corrected chi connectivity index (χ1v) is 11.4. The Balaban J connectivity index is 1.31. The lowest BCUT2D eigenvalue weighted by Gasteiger charge is -2.32. The first kappa shape index (κ1) is 19.4. The number of fused-ring (bicyclic) bond motifs is 1. The minimum atomic E-state index is -0.131. The Morgan fingerprint density at radius 3 is 2.63 bits per heavy atom. The number of hydrogen-bond donors (Lipinski definition) is 2. The summed E-state index contributed by atoms with van der Waals surface area (Å²) < 4.78 is 1.86. The highest BCUT2D eigenvalue weighted by molar-refractivity contribution is 5.97. The van der Waals surface area contributed by atoms with Crippen molar-refractivity contribution in [3.8, 4) is 0 Å². The summed E-state index contributed by atoms with van der Waals surface area (Å²) in [4.78, 5) is 42.8. The molecule has 30 heavy (non-hydrogen) atoms. The van der Waals surface area contributed by atoms with Crippen molar-refractivity contribution in [2.75, 3.05) is 19.6 Å². The highest BCUT2D eigenvalue weighted by Gasteiger charge is 2.30. The third kappa shape index (κ3) is 3.77. The van der Waals surface area contributed by atoms with E-state index < -0.39 is 0 Å². The molecule has 3 fully saturated rings. The quantitative estimate of drug-likeness (QED) is 0.795. The molecule has 1 saturated heterocycles. The Hall–Kier alpha value is -2.57. The fraction of sp³-hybridized carbons (Fsp3) is 0.609. The van der Waals surface area contributed by atoms with Crippen LogP contribution in [0.2, 0.25) is 0 Å². The van der Waals surface area contributed by atoms with E-state index in [1.807, 2.05) is 16.7 Å². The predicted molar refractivity (Wildman–Crippen MR) is 114 cm³/mol. The third-order valence-corrected chi connectivity index (χ3v) is 6.99. The van der Waals surface area contributed by atoms with Crippen LogP contribution >= 0.6 is 0 Å². The number of piperidine rings is 1. The second-order valence-corrected chi connectivity index (χ2v) is 9.25. The lowest BCUT2D eigenvalue weighted by Crippen LogP contribution is -2.45. The second kappa shape index (κ2) is 7.93. The molecular formula is C23H30N4O3. The van der Waals surface area contributed by atoms with Gasteiger partial charge in [0, 0.05) is 31.2 Å². The van der Waals surface area contributed by atoms with E-state index in [1.165, 1.54) is 12.8 Å². The van der Waals surface area contributed by atoms with E-state index in [9.17, 15) is 14.4 Å². The molecular weight excluding hydrogens is 380 g/mol. The SMILES string of the molecule is O=C(NCC1CC1)C1CCCN(C(=O)c2ccc3c(c2)[nH]c(=O)n3C2CCCC2)C1. The molecule has 2 saturated carbocycles. The molecule has 1 aromatic heterocycles. The van der Waals surface area contributed by atoms with Gasteiger partial charge in [0.25, 0.3) is 5.91 Å². The molecule has 7 heteroatoms. The number of carbonyl (C=O) groups excluding carboxylic acids is 2. The molecule has 1 atom stereocenters. The van der Waals surface area contributed by atoms with Gasteiger partial charge in [0.2, 0.25) is 5.91 Å². The highest BCUT2D eigenvalue weighted by atomic mass is 16.2. The van der Waals surface area contributed by atoms with Crippen LogP contribution in [0, 0.1) is 11.8 Å². The first-order chi connectivity index (χ1) is 14.6. The van der Waals surface area contributed by atoms with Gasteiger partial charge in [0.05, 0.1) is 17.0 Å². The van der Waals surface area contributed by atoms with Crippen LogP contribution in [0.5, 0.6) is 0 Å². The number of likely N-dealkylation sites (tertiary alicyclic amines) is 1. The minimum Gasteiger partial charge on any atom is -0.356 e. The summed E-state index contributed by atoms with van der Waals surface area (Å²) in [5.41, 5.74) is 2.07. The maximum Gasteiger partial charge on any atom is 0.326 e. The molecule has 0 spiro atoms. The number of nitrogens with zero attached hydrogens (tertiary/aromatic N) is 2. The molecule has 0 bridgehead atoms. The van der Waals surface area contributed by atoms with Crippen LogP contribution in [-0.2, 0) is 4.79 Å². The Morgan fingerprint density at radius 2 is 1.87 bits per heavy atom.